The molecule has 0 fully saturated rings. The number of nitrogens with zero attached hydrogens (tertiary/aromatic N) is 1. The second kappa shape index (κ2) is 7.10. The van der Waals surface area contributed by atoms with Crippen molar-refractivity contribution in [3.63, 3.8) is 0 Å². The Balaban J connectivity index is 0.000000861. The van der Waals surface area contributed by atoms with E-state index in [-0.39, 0.29) is 11.5 Å². The lowest BCUT2D eigenvalue weighted by atomic mass is 10.2. The Labute approximate surface area is 111 Å². The maximum atomic E-state index is 11.2. The smallest absolute Gasteiger partial charge is 0.356 e. The number of carbonyl (C=O) groups is 2. The molecule has 0 saturated carbocycles. The van der Waals surface area contributed by atoms with Crippen LogP contribution in [0.2, 0.25) is 0 Å². The van der Waals surface area contributed by atoms with Gasteiger partial charge in [-0.2, -0.15) is 0 Å². The summed E-state index contributed by atoms with van der Waals surface area (Å²) in [4.78, 5) is 25.6. The number of pyridine rings is 1. The van der Waals surface area contributed by atoms with E-state index in [1.807, 2.05) is 13.8 Å². The van der Waals surface area contributed by atoms with Gasteiger partial charge in [0.15, 0.2) is 12.0 Å². The third-order valence-corrected chi connectivity index (χ3v) is 2.19. The van der Waals surface area contributed by atoms with Crippen LogP contribution in [-0.4, -0.2) is 24.3 Å². The average Bonchev–Trinajstić information content (AvgIpc) is 2.97. The molecule has 0 unspecified atom stereocenters. The molecule has 2 aromatic rings. The number of aldehydes is 1. The molecule has 0 amide bonds. The first-order valence-corrected chi connectivity index (χ1v) is 5.84. The van der Waals surface area contributed by atoms with Crippen LogP contribution in [0, 0.1) is 0 Å². The van der Waals surface area contributed by atoms with Crippen molar-refractivity contribution in [1.82, 2.24) is 4.98 Å². The molecule has 19 heavy (non-hydrogen) atoms. The third kappa shape index (κ3) is 3.51. The van der Waals surface area contributed by atoms with E-state index >= 15 is 0 Å². The SMILES string of the molecule is CC.COC(=O)c1ccc(-c2ccc(C=O)o2)cn1. The molecule has 5 nitrogen and oxygen atoms in total. The second-order valence-electron chi connectivity index (χ2n) is 3.24. The molecule has 5 heteroatoms. The quantitative estimate of drug-likeness (QED) is 0.627. The molecule has 2 rings (SSSR count). The molecule has 2 heterocycles. The van der Waals surface area contributed by atoms with Gasteiger partial charge in [0.25, 0.3) is 0 Å². The number of furan rings is 1. The summed E-state index contributed by atoms with van der Waals surface area (Å²) in [6.07, 6.45) is 2.11. The van der Waals surface area contributed by atoms with Crippen LogP contribution in [0.15, 0.2) is 34.9 Å². The zero-order chi connectivity index (χ0) is 14.3. The fourth-order valence-electron chi connectivity index (χ4n) is 1.34. The number of ether oxygens (including phenoxy) is 1. The van der Waals surface area contributed by atoms with Gasteiger partial charge in [0.05, 0.1) is 7.11 Å². The van der Waals surface area contributed by atoms with E-state index in [0.717, 1.165) is 0 Å². The zero-order valence-electron chi connectivity index (χ0n) is 11.0. The lowest BCUT2D eigenvalue weighted by Crippen LogP contribution is -2.03. The molecular formula is C14H15NO4. The summed E-state index contributed by atoms with van der Waals surface area (Å²) in [5.74, 6) is 0.276. The van der Waals surface area contributed by atoms with Crippen LogP contribution >= 0.6 is 0 Å². The van der Waals surface area contributed by atoms with E-state index in [1.165, 1.54) is 19.4 Å². The Kier molecular flexibility index (Phi) is 5.47. The van der Waals surface area contributed by atoms with Crippen molar-refractivity contribution in [2.24, 2.45) is 0 Å². The predicted molar refractivity (Wildman–Crippen MR) is 70.0 cm³/mol. The lowest BCUT2D eigenvalue weighted by Gasteiger charge is -1.99. The van der Waals surface area contributed by atoms with Gasteiger partial charge in [-0.1, -0.05) is 13.8 Å². The van der Waals surface area contributed by atoms with Crippen LogP contribution in [-0.2, 0) is 4.74 Å². The topological polar surface area (TPSA) is 69.4 Å². The maximum absolute atomic E-state index is 11.2. The summed E-state index contributed by atoms with van der Waals surface area (Å²) in [5.41, 5.74) is 0.907. The Bertz CT molecular complexity index is 543. The molecule has 2 aromatic heterocycles. The van der Waals surface area contributed by atoms with Crippen LogP contribution in [0.3, 0.4) is 0 Å². The molecule has 0 radical (unpaired) electrons. The van der Waals surface area contributed by atoms with Gasteiger partial charge in [0.2, 0.25) is 0 Å². The molecule has 0 saturated heterocycles. The summed E-state index contributed by atoms with van der Waals surface area (Å²) in [6.45, 7) is 4.00. The Morgan fingerprint density at radius 2 is 2.00 bits per heavy atom. The van der Waals surface area contributed by atoms with E-state index in [4.69, 9.17) is 4.42 Å². The lowest BCUT2D eigenvalue weighted by molar-refractivity contribution is 0.0594. The predicted octanol–water partition coefficient (Wildman–Crippen LogP) is 2.97. The summed E-state index contributed by atoms with van der Waals surface area (Å²) in [6, 6.07) is 6.44. The van der Waals surface area contributed by atoms with E-state index in [1.54, 1.807) is 18.2 Å². The van der Waals surface area contributed by atoms with Gasteiger partial charge in [-0.3, -0.25) is 4.79 Å². The minimum absolute atomic E-state index is 0.221. The molecule has 0 aromatic carbocycles. The van der Waals surface area contributed by atoms with Gasteiger partial charge in [-0.25, -0.2) is 9.78 Å². The molecule has 0 aliphatic carbocycles. The van der Waals surface area contributed by atoms with Crippen molar-refractivity contribution < 1.29 is 18.7 Å². The minimum Gasteiger partial charge on any atom is -0.464 e. The van der Waals surface area contributed by atoms with Crippen LogP contribution in [0.1, 0.15) is 34.9 Å². The highest BCUT2D eigenvalue weighted by atomic mass is 16.5. The van der Waals surface area contributed by atoms with Gasteiger partial charge in [-0.15, -0.1) is 0 Å². The fraction of sp³-hybridized carbons (Fsp3) is 0.214. The first kappa shape index (κ1) is 14.6. The van der Waals surface area contributed by atoms with Crippen LogP contribution < -0.4 is 0 Å². The highest BCUT2D eigenvalue weighted by Gasteiger charge is 2.09. The molecule has 0 spiro atoms. The van der Waals surface area contributed by atoms with E-state index < -0.39 is 5.97 Å². The molecule has 100 valence electrons. The van der Waals surface area contributed by atoms with E-state index in [0.29, 0.717) is 17.6 Å². The number of hydrogen-bond donors (Lipinski definition) is 0. The molecule has 0 N–H and O–H groups in total. The molecule has 0 bridgehead atoms. The minimum atomic E-state index is -0.496. The number of methoxy groups -OCH3 is 1. The first-order chi connectivity index (χ1) is 9.24. The van der Waals surface area contributed by atoms with Crippen molar-refractivity contribution in [2.45, 2.75) is 13.8 Å². The summed E-state index contributed by atoms with van der Waals surface area (Å²) in [5, 5.41) is 0. The molecular weight excluding hydrogens is 246 g/mol. The van der Waals surface area contributed by atoms with Crippen molar-refractivity contribution in [3.05, 3.63) is 41.9 Å². The van der Waals surface area contributed by atoms with E-state index in [9.17, 15) is 9.59 Å². The summed E-state index contributed by atoms with van der Waals surface area (Å²) >= 11 is 0. The van der Waals surface area contributed by atoms with Gasteiger partial charge < -0.3 is 9.15 Å². The number of aromatic nitrogens is 1. The third-order valence-electron chi connectivity index (χ3n) is 2.19. The van der Waals surface area contributed by atoms with Crippen LogP contribution in [0.4, 0.5) is 0 Å². The van der Waals surface area contributed by atoms with Crippen molar-refractivity contribution in [1.29, 1.82) is 0 Å². The second-order valence-corrected chi connectivity index (χ2v) is 3.24. The summed E-state index contributed by atoms with van der Waals surface area (Å²) < 4.78 is 9.75. The van der Waals surface area contributed by atoms with Crippen molar-refractivity contribution in [2.75, 3.05) is 7.11 Å². The van der Waals surface area contributed by atoms with Gasteiger partial charge in [0.1, 0.15) is 11.5 Å². The summed E-state index contributed by atoms with van der Waals surface area (Å²) in [7, 11) is 1.29. The number of hydrogen-bond acceptors (Lipinski definition) is 5. The number of rotatable bonds is 3. The Hall–Kier alpha value is -2.43. The van der Waals surface area contributed by atoms with E-state index in [2.05, 4.69) is 9.72 Å². The normalized spacial score (nSPS) is 9.21. The van der Waals surface area contributed by atoms with Crippen LogP contribution in [0.5, 0.6) is 0 Å². The number of carbonyl (C=O) groups excluding carboxylic acids is 2. The Morgan fingerprint density at radius 1 is 1.26 bits per heavy atom. The standard InChI is InChI=1S/C12H9NO4.C2H6/c1-16-12(15)10-4-2-8(6-13-10)11-5-3-9(7-14)17-11;1-2/h2-7H,1H3;1-2H3. The largest absolute Gasteiger partial charge is 0.464 e. The fourth-order valence-corrected chi connectivity index (χ4v) is 1.34. The first-order valence-electron chi connectivity index (χ1n) is 5.84. The van der Waals surface area contributed by atoms with Crippen molar-refractivity contribution >= 4 is 12.3 Å². The van der Waals surface area contributed by atoms with Gasteiger partial charge in [0, 0.05) is 11.8 Å². The molecule has 0 aliphatic heterocycles. The highest BCUT2D eigenvalue weighted by molar-refractivity contribution is 5.87. The Morgan fingerprint density at radius 3 is 2.47 bits per heavy atom. The monoisotopic (exact) mass is 261 g/mol. The van der Waals surface area contributed by atoms with Gasteiger partial charge >= 0.3 is 5.97 Å². The molecule has 0 aliphatic rings. The van der Waals surface area contributed by atoms with Crippen LogP contribution in [0.25, 0.3) is 11.3 Å². The highest BCUT2D eigenvalue weighted by Crippen LogP contribution is 2.20. The van der Waals surface area contributed by atoms with Crippen molar-refractivity contribution in [3.8, 4) is 11.3 Å². The van der Waals surface area contributed by atoms with Gasteiger partial charge in [-0.05, 0) is 24.3 Å². The molecule has 0 atom stereocenters. The number of esters is 1. The average molecular weight is 261 g/mol. The zero-order valence-corrected chi connectivity index (χ0v) is 11.0. The maximum Gasteiger partial charge on any atom is 0.356 e.